The van der Waals surface area contributed by atoms with Gasteiger partial charge in [-0.15, -0.1) is 0 Å². The van der Waals surface area contributed by atoms with Crippen molar-refractivity contribution in [1.82, 2.24) is 4.90 Å². The Morgan fingerprint density at radius 3 is 2.50 bits per heavy atom. The number of rotatable bonds is 4. The maximum Gasteiger partial charge on any atom is 0.222 e. The van der Waals surface area contributed by atoms with E-state index in [-0.39, 0.29) is 29.1 Å². The zero-order valence-electron chi connectivity index (χ0n) is 13.7. The van der Waals surface area contributed by atoms with Crippen LogP contribution in [0.1, 0.15) is 19.3 Å². The first-order chi connectivity index (χ1) is 11.4. The molecule has 0 radical (unpaired) electrons. The van der Waals surface area contributed by atoms with Crippen LogP contribution in [0.2, 0.25) is 0 Å². The van der Waals surface area contributed by atoms with Crippen LogP contribution in [-0.4, -0.2) is 56.9 Å². The van der Waals surface area contributed by atoms with Crippen LogP contribution in [0.4, 0.5) is 10.1 Å². The van der Waals surface area contributed by atoms with Gasteiger partial charge in [-0.1, -0.05) is 12.1 Å². The first-order valence-corrected chi connectivity index (χ1v) is 10.2. The Bertz CT molecular complexity index is 700. The zero-order chi connectivity index (χ0) is 17.2. The van der Waals surface area contributed by atoms with Crippen LogP contribution in [0.25, 0.3) is 0 Å². The fraction of sp³-hybridized carbons (Fsp3) is 0.588. The van der Waals surface area contributed by atoms with Crippen LogP contribution < -0.4 is 4.90 Å². The molecule has 1 unspecified atom stereocenters. The molecule has 0 N–H and O–H groups in total. The molecule has 24 heavy (non-hydrogen) atoms. The summed E-state index contributed by atoms with van der Waals surface area (Å²) in [6, 6.07) is 6.68. The maximum absolute atomic E-state index is 13.8. The molecule has 5 nitrogen and oxygen atoms in total. The number of halogens is 1. The van der Waals surface area contributed by atoms with Gasteiger partial charge in [0, 0.05) is 32.6 Å². The largest absolute Gasteiger partial charge is 0.366 e. The highest BCUT2D eigenvalue weighted by molar-refractivity contribution is 7.91. The highest BCUT2D eigenvalue weighted by Gasteiger charge is 2.29. The summed E-state index contributed by atoms with van der Waals surface area (Å²) in [5, 5.41) is 0. The van der Waals surface area contributed by atoms with Crippen molar-refractivity contribution in [3.63, 3.8) is 0 Å². The molecular formula is C17H23FN2O3S. The van der Waals surface area contributed by atoms with Crippen LogP contribution in [0.15, 0.2) is 24.3 Å². The average Bonchev–Trinajstić information content (AvgIpc) is 2.92. The highest BCUT2D eigenvalue weighted by atomic mass is 32.2. The third kappa shape index (κ3) is 4.06. The van der Waals surface area contributed by atoms with Crippen LogP contribution in [0.5, 0.6) is 0 Å². The first kappa shape index (κ1) is 17.2. The topological polar surface area (TPSA) is 57.7 Å². The minimum atomic E-state index is -2.88. The van der Waals surface area contributed by atoms with E-state index < -0.39 is 9.84 Å². The SMILES string of the molecule is O=C(CCC1CCS(=O)(=O)C1)N1CCN(c2ccccc2F)CC1. The van der Waals surface area contributed by atoms with E-state index in [1.807, 2.05) is 11.0 Å². The Morgan fingerprint density at radius 1 is 1.17 bits per heavy atom. The number of piperazine rings is 1. The van der Waals surface area contributed by atoms with Gasteiger partial charge in [-0.25, -0.2) is 12.8 Å². The van der Waals surface area contributed by atoms with E-state index >= 15 is 0 Å². The van der Waals surface area contributed by atoms with Gasteiger partial charge in [0.25, 0.3) is 0 Å². The molecule has 2 saturated heterocycles. The average molecular weight is 354 g/mol. The van der Waals surface area contributed by atoms with E-state index in [1.54, 1.807) is 17.0 Å². The Kier molecular flexibility index (Phi) is 5.08. The number of benzene rings is 1. The van der Waals surface area contributed by atoms with Crippen molar-refractivity contribution in [1.29, 1.82) is 0 Å². The molecule has 0 saturated carbocycles. The van der Waals surface area contributed by atoms with Gasteiger partial charge >= 0.3 is 0 Å². The molecule has 132 valence electrons. The number of para-hydroxylation sites is 1. The van der Waals surface area contributed by atoms with Crippen LogP contribution >= 0.6 is 0 Å². The Hall–Kier alpha value is -1.63. The van der Waals surface area contributed by atoms with Crippen molar-refractivity contribution in [2.45, 2.75) is 19.3 Å². The van der Waals surface area contributed by atoms with Crippen molar-refractivity contribution in [3.8, 4) is 0 Å². The highest BCUT2D eigenvalue weighted by Crippen LogP contribution is 2.24. The molecule has 2 aliphatic heterocycles. The van der Waals surface area contributed by atoms with E-state index in [0.29, 0.717) is 51.1 Å². The molecule has 2 heterocycles. The number of carbonyl (C=O) groups is 1. The van der Waals surface area contributed by atoms with Crippen LogP contribution in [0.3, 0.4) is 0 Å². The van der Waals surface area contributed by atoms with E-state index in [0.717, 1.165) is 0 Å². The van der Waals surface area contributed by atoms with E-state index in [9.17, 15) is 17.6 Å². The van der Waals surface area contributed by atoms with Crippen LogP contribution in [0, 0.1) is 11.7 Å². The molecule has 1 atom stereocenters. The molecular weight excluding hydrogens is 331 g/mol. The molecule has 2 aliphatic rings. The number of sulfone groups is 1. The molecule has 2 fully saturated rings. The van der Waals surface area contributed by atoms with Crippen molar-refractivity contribution in [2.24, 2.45) is 5.92 Å². The monoisotopic (exact) mass is 354 g/mol. The maximum atomic E-state index is 13.8. The molecule has 0 spiro atoms. The Balaban J connectivity index is 1.46. The number of hydrogen-bond donors (Lipinski definition) is 0. The van der Waals surface area contributed by atoms with Gasteiger partial charge in [-0.05, 0) is 30.9 Å². The van der Waals surface area contributed by atoms with Gasteiger partial charge in [0.05, 0.1) is 17.2 Å². The summed E-state index contributed by atoms with van der Waals surface area (Å²) in [5.41, 5.74) is 0.584. The molecule has 1 amide bonds. The molecule has 0 aliphatic carbocycles. The minimum absolute atomic E-state index is 0.0764. The second-order valence-electron chi connectivity index (χ2n) is 6.63. The normalized spacial score (nSPS) is 23.5. The zero-order valence-corrected chi connectivity index (χ0v) is 14.5. The number of hydrogen-bond acceptors (Lipinski definition) is 4. The van der Waals surface area contributed by atoms with Gasteiger partial charge in [0.2, 0.25) is 5.91 Å². The molecule has 3 rings (SSSR count). The summed E-state index contributed by atoms with van der Waals surface area (Å²) in [7, 11) is -2.88. The summed E-state index contributed by atoms with van der Waals surface area (Å²) in [6.07, 6.45) is 1.72. The van der Waals surface area contributed by atoms with E-state index in [1.165, 1.54) is 6.07 Å². The predicted molar refractivity (Wildman–Crippen MR) is 91.2 cm³/mol. The van der Waals surface area contributed by atoms with Crippen molar-refractivity contribution >= 4 is 21.4 Å². The molecule has 0 aromatic heterocycles. The Labute approximate surface area is 142 Å². The lowest BCUT2D eigenvalue weighted by Crippen LogP contribution is -2.49. The lowest BCUT2D eigenvalue weighted by molar-refractivity contribution is -0.131. The number of carbonyl (C=O) groups excluding carboxylic acids is 1. The van der Waals surface area contributed by atoms with Crippen molar-refractivity contribution in [3.05, 3.63) is 30.1 Å². The summed E-state index contributed by atoms with van der Waals surface area (Å²) in [5.74, 6) is 0.444. The molecule has 0 bridgehead atoms. The van der Waals surface area contributed by atoms with Crippen molar-refractivity contribution in [2.75, 3.05) is 42.6 Å². The smallest absolute Gasteiger partial charge is 0.222 e. The third-order valence-electron chi connectivity index (χ3n) is 4.92. The van der Waals surface area contributed by atoms with E-state index in [4.69, 9.17) is 0 Å². The molecule has 1 aromatic rings. The quantitative estimate of drug-likeness (QED) is 0.826. The third-order valence-corrected chi connectivity index (χ3v) is 6.76. The summed E-state index contributed by atoms with van der Waals surface area (Å²) >= 11 is 0. The molecule has 1 aromatic carbocycles. The van der Waals surface area contributed by atoms with Gasteiger partial charge in [-0.3, -0.25) is 4.79 Å². The fourth-order valence-electron chi connectivity index (χ4n) is 3.49. The predicted octanol–water partition coefficient (Wildman–Crippen LogP) is 1.69. The van der Waals surface area contributed by atoms with E-state index in [2.05, 4.69) is 0 Å². The number of nitrogens with zero attached hydrogens (tertiary/aromatic N) is 2. The van der Waals surface area contributed by atoms with Crippen molar-refractivity contribution < 1.29 is 17.6 Å². The molecule has 7 heteroatoms. The number of anilines is 1. The minimum Gasteiger partial charge on any atom is -0.366 e. The lowest BCUT2D eigenvalue weighted by atomic mass is 10.0. The lowest BCUT2D eigenvalue weighted by Gasteiger charge is -2.36. The second kappa shape index (κ2) is 7.09. The van der Waals surface area contributed by atoms with Gasteiger partial charge < -0.3 is 9.80 Å². The fourth-order valence-corrected chi connectivity index (χ4v) is 5.40. The standard InChI is InChI=1S/C17H23FN2O3S/c18-15-3-1-2-4-16(15)19-8-10-20(11-9-19)17(21)6-5-14-7-12-24(22,23)13-14/h1-4,14H,5-13H2. The second-order valence-corrected chi connectivity index (χ2v) is 8.86. The van der Waals surface area contributed by atoms with Gasteiger partial charge in [0.1, 0.15) is 5.82 Å². The van der Waals surface area contributed by atoms with Gasteiger partial charge in [0.15, 0.2) is 9.84 Å². The van der Waals surface area contributed by atoms with Crippen LogP contribution in [-0.2, 0) is 14.6 Å². The van der Waals surface area contributed by atoms with Gasteiger partial charge in [-0.2, -0.15) is 0 Å². The number of amides is 1. The summed E-state index contributed by atoms with van der Waals surface area (Å²) < 4.78 is 36.7. The Morgan fingerprint density at radius 2 is 1.88 bits per heavy atom. The summed E-state index contributed by atoms with van der Waals surface area (Å²) in [6.45, 7) is 2.39. The summed E-state index contributed by atoms with van der Waals surface area (Å²) in [4.78, 5) is 16.1. The first-order valence-electron chi connectivity index (χ1n) is 8.42.